The smallest absolute Gasteiger partial charge is 0.255 e. The van der Waals surface area contributed by atoms with Gasteiger partial charge in [0, 0.05) is 41.3 Å². The number of phenolic OH excluding ortho intramolecular Hbond substituents is 1. The summed E-state index contributed by atoms with van der Waals surface area (Å²) in [6.45, 7) is 0. The number of rotatable bonds is 2. The Morgan fingerprint density at radius 2 is 1.97 bits per heavy atom. The van der Waals surface area contributed by atoms with Crippen LogP contribution < -0.4 is 5.73 Å². The van der Waals surface area contributed by atoms with E-state index >= 15 is 0 Å². The highest BCUT2D eigenvalue weighted by atomic mass is 32.1. The monoisotopic (exact) mass is 454 g/mol. The Bertz CT molecular complexity index is 1260. The summed E-state index contributed by atoms with van der Waals surface area (Å²) in [5.41, 5.74) is 2.10. The molecule has 0 radical (unpaired) electrons. The van der Waals surface area contributed by atoms with E-state index in [1.54, 1.807) is 23.7 Å². The molecule has 3 aliphatic carbocycles. The highest BCUT2D eigenvalue weighted by Crippen LogP contribution is 2.56. The molecule has 1 aromatic carbocycles. The number of aromatic hydroxyl groups is 1. The second-order valence-corrected chi connectivity index (χ2v) is 9.13. The average molecular weight is 454 g/mol. The standard InChI is InChI=1S/C22H18N2O7S/c23-20(30)16-12(26)7-8-6-10-13(21-24-4-5-32-21)9-2-1-3-11(25)14(9)17(27)15(10)18(28)22(8,31)19(16)29/h1-5,8,10,13,25-26,28,31H,6-7H2,(H2,23,30)/t8-,10?,13-,22-/m0/s1. The number of carbonyl (C=O) groups is 3. The highest BCUT2D eigenvalue weighted by Gasteiger charge is 2.61. The quantitative estimate of drug-likeness (QED) is 0.426. The maximum Gasteiger partial charge on any atom is 0.255 e. The number of aliphatic hydroxyl groups is 3. The van der Waals surface area contributed by atoms with Crippen LogP contribution in [0.1, 0.15) is 39.7 Å². The number of fused-ring (bicyclic) bond motifs is 3. The van der Waals surface area contributed by atoms with E-state index in [9.17, 15) is 34.8 Å². The molecule has 3 aliphatic rings. The summed E-state index contributed by atoms with van der Waals surface area (Å²) >= 11 is 1.33. The molecule has 1 amide bonds. The van der Waals surface area contributed by atoms with Crippen molar-refractivity contribution in [1.82, 2.24) is 4.98 Å². The first-order chi connectivity index (χ1) is 15.2. The third-order valence-corrected chi connectivity index (χ3v) is 7.52. The van der Waals surface area contributed by atoms with Crippen molar-refractivity contribution in [2.24, 2.45) is 17.6 Å². The molecule has 2 aromatic rings. The van der Waals surface area contributed by atoms with Gasteiger partial charge in [-0.2, -0.15) is 0 Å². The van der Waals surface area contributed by atoms with Gasteiger partial charge in [0.2, 0.25) is 5.78 Å². The fourth-order valence-corrected chi connectivity index (χ4v) is 6.11. The van der Waals surface area contributed by atoms with Crippen LogP contribution in [0.2, 0.25) is 0 Å². The SMILES string of the molecule is NC(=O)C1=C(O)C[C@@H]2CC3C(=C(O)[C@]2(O)C1=O)C(=O)c1c(O)cccc1[C@@H]3c1nccs1. The lowest BCUT2D eigenvalue weighted by molar-refractivity contribution is -0.144. The zero-order valence-electron chi connectivity index (χ0n) is 16.5. The molecule has 0 saturated heterocycles. The normalized spacial score (nSPS) is 29.5. The molecule has 0 aliphatic heterocycles. The third-order valence-electron chi connectivity index (χ3n) is 6.67. The Kier molecular flexibility index (Phi) is 4.30. The van der Waals surface area contributed by atoms with Crippen LogP contribution in [0.3, 0.4) is 0 Å². The van der Waals surface area contributed by atoms with E-state index in [2.05, 4.69) is 4.98 Å². The number of phenols is 1. The number of aromatic nitrogens is 1. The molecule has 4 atom stereocenters. The summed E-state index contributed by atoms with van der Waals surface area (Å²) in [4.78, 5) is 42.5. The van der Waals surface area contributed by atoms with Crippen LogP contribution in [0, 0.1) is 11.8 Å². The molecule has 0 saturated carbocycles. The number of allylic oxidation sites excluding steroid dienone is 2. The lowest BCUT2D eigenvalue weighted by atomic mass is 9.57. The Labute approximate surface area is 185 Å². The molecular weight excluding hydrogens is 436 g/mol. The van der Waals surface area contributed by atoms with Crippen molar-refractivity contribution < 1.29 is 34.8 Å². The first kappa shape index (κ1) is 20.4. The molecule has 6 N–H and O–H groups in total. The van der Waals surface area contributed by atoms with Crippen molar-refractivity contribution in [3.8, 4) is 5.75 Å². The Hall–Kier alpha value is -3.50. The number of Topliss-reactive ketones (excluding diaryl/α,β-unsaturated/α-hetero) is 2. The van der Waals surface area contributed by atoms with Gasteiger partial charge in [0.1, 0.15) is 27.8 Å². The van der Waals surface area contributed by atoms with Crippen LogP contribution in [-0.2, 0) is 9.59 Å². The van der Waals surface area contributed by atoms with Gasteiger partial charge >= 0.3 is 0 Å². The van der Waals surface area contributed by atoms with Crippen LogP contribution in [0.5, 0.6) is 5.75 Å². The number of hydrogen-bond acceptors (Lipinski definition) is 9. The molecule has 10 heteroatoms. The van der Waals surface area contributed by atoms with Crippen LogP contribution >= 0.6 is 11.3 Å². The van der Waals surface area contributed by atoms with Gasteiger partial charge in [0.25, 0.3) is 5.91 Å². The number of aliphatic hydroxyl groups excluding tert-OH is 2. The van der Waals surface area contributed by atoms with E-state index in [4.69, 9.17) is 5.73 Å². The van der Waals surface area contributed by atoms with Crippen LogP contribution in [-0.4, -0.2) is 48.5 Å². The van der Waals surface area contributed by atoms with E-state index in [-0.39, 0.29) is 29.7 Å². The molecule has 0 fully saturated rings. The van der Waals surface area contributed by atoms with Gasteiger partial charge in [-0.3, -0.25) is 14.4 Å². The first-order valence-corrected chi connectivity index (χ1v) is 10.7. The van der Waals surface area contributed by atoms with Gasteiger partial charge in [0.05, 0.1) is 5.56 Å². The van der Waals surface area contributed by atoms with Crippen molar-refractivity contribution >= 4 is 28.8 Å². The van der Waals surface area contributed by atoms with Gasteiger partial charge < -0.3 is 26.2 Å². The third kappa shape index (κ3) is 2.47. The van der Waals surface area contributed by atoms with Gasteiger partial charge in [0.15, 0.2) is 11.4 Å². The molecule has 164 valence electrons. The van der Waals surface area contributed by atoms with E-state index in [1.807, 2.05) is 0 Å². The highest BCUT2D eigenvalue weighted by molar-refractivity contribution is 7.09. The van der Waals surface area contributed by atoms with Crippen LogP contribution in [0.15, 0.2) is 52.4 Å². The predicted octanol–water partition coefficient (Wildman–Crippen LogP) is 1.63. The van der Waals surface area contributed by atoms with E-state index in [0.29, 0.717) is 10.6 Å². The number of hydrogen-bond donors (Lipinski definition) is 5. The van der Waals surface area contributed by atoms with Crippen molar-refractivity contribution in [3.63, 3.8) is 0 Å². The number of benzene rings is 1. The van der Waals surface area contributed by atoms with E-state index in [0.717, 1.165) is 0 Å². The largest absolute Gasteiger partial charge is 0.511 e. The molecule has 5 rings (SSSR count). The van der Waals surface area contributed by atoms with Crippen LogP contribution in [0.25, 0.3) is 0 Å². The lowest BCUT2D eigenvalue weighted by Crippen LogP contribution is -2.57. The number of carbonyl (C=O) groups excluding carboxylic acids is 3. The van der Waals surface area contributed by atoms with Crippen molar-refractivity contribution in [1.29, 1.82) is 0 Å². The van der Waals surface area contributed by atoms with Crippen molar-refractivity contribution in [3.05, 3.63) is 68.6 Å². The fraction of sp³-hybridized carbons (Fsp3) is 0.273. The summed E-state index contributed by atoms with van der Waals surface area (Å²) in [6, 6.07) is 4.64. The Morgan fingerprint density at radius 1 is 1.22 bits per heavy atom. The minimum atomic E-state index is -2.59. The molecule has 0 bridgehead atoms. The van der Waals surface area contributed by atoms with Crippen molar-refractivity contribution in [2.75, 3.05) is 0 Å². The number of thiazole rings is 1. The number of nitrogens with two attached hydrogens (primary N) is 1. The molecule has 9 nitrogen and oxygen atoms in total. The van der Waals surface area contributed by atoms with Gasteiger partial charge in [-0.05, 0) is 18.1 Å². The number of ketones is 2. The molecule has 1 heterocycles. The molecule has 0 spiro atoms. The molecular formula is C22H18N2O7S. The summed E-state index contributed by atoms with van der Waals surface area (Å²) in [5, 5.41) is 45.6. The van der Waals surface area contributed by atoms with Crippen molar-refractivity contribution in [2.45, 2.75) is 24.4 Å². The van der Waals surface area contributed by atoms with Gasteiger partial charge in [-0.25, -0.2) is 4.98 Å². The molecule has 1 aromatic heterocycles. The number of primary amides is 1. The predicted molar refractivity (Wildman–Crippen MR) is 111 cm³/mol. The molecule has 32 heavy (non-hydrogen) atoms. The summed E-state index contributed by atoms with van der Waals surface area (Å²) in [7, 11) is 0. The maximum atomic E-state index is 13.4. The minimum absolute atomic E-state index is 0.0377. The number of nitrogens with zero attached hydrogens (tertiary/aromatic N) is 1. The van der Waals surface area contributed by atoms with E-state index in [1.165, 1.54) is 17.4 Å². The average Bonchev–Trinajstić information content (AvgIpc) is 3.25. The van der Waals surface area contributed by atoms with Gasteiger partial charge in [-0.15, -0.1) is 11.3 Å². The Balaban J connectivity index is 1.78. The van der Waals surface area contributed by atoms with Crippen LogP contribution in [0.4, 0.5) is 0 Å². The van der Waals surface area contributed by atoms with Gasteiger partial charge in [-0.1, -0.05) is 12.1 Å². The lowest BCUT2D eigenvalue weighted by Gasteiger charge is -2.47. The summed E-state index contributed by atoms with van der Waals surface area (Å²) < 4.78 is 0. The Morgan fingerprint density at radius 3 is 2.62 bits per heavy atom. The van der Waals surface area contributed by atoms with E-state index < -0.39 is 57.9 Å². The number of amides is 1. The first-order valence-electron chi connectivity index (χ1n) is 9.86. The summed E-state index contributed by atoms with van der Waals surface area (Å²) in [6.07, 6.45) is 1.36. The minimum Gasteiger partial charge on any atom is -0.511 e. The second kappa shape index (κ2) is 6.75. The zero-order chi connectivity index (χ0) is 22.9. The second-order valence-electron chi connectivity index (χ2n) is 8.21. The molecule has 1 unspecified atom stereocenters. The zero-order valence-corrected chi connectivity index (χ0v) is 17.3. The fourth-order valence-electron chi connectivity index (χ4n) is 5.29. The summed E-state index contributed by atoms with van der Waals surface area (Å²) in [5.74, 6) is -7.14. The maximum absolute atomic E-state index is 13.4. The topological polar surface area (TPSA) is 171 Å².